The second kappa shape index (κ2) is 7.13. The van der Waals surface area contributed by atoms with Crippen LogP contribution in [0.25, 0.3) is 0 Å². The van der Waals surface area contributed by atoms with Crippen LogP contribution in [0.2, 0.25) is 0 Å². The molecule has 1 rings (SSSR count). The lowest BCUT2D eigenvalue weighted by Crippen LogP contribution is -2.34. The maximum absolute atomic E-state index is 12.0. The van der Waals surface area contributed by atoms with E-state index in [1.165, 1.54) is 0 Å². The van der Waals surface area contributed by atoms with E-state index in [1.54, 1.807) is 36.0 Å². The SMILES string of the molecule is CSCC(C)NS(=O)(=O)c1ccc(CCO)cc1. The van der Waals surface area contributed by atoms with E-state index < -0.39 is 10.0 Å². The van der Waals surface area contributed by atoms with Crippen LogP contribution in [0.5, 0.6) is 0 Å². The largest absolute Gasteiger partial charge is 0.396 e. The van der Waals surface area contributed by atoms with E-state index in [9.17, 15) is 8.42 Å². The van der Waals surface area contributed by atoms with Crippen molar-refractivity contribution in [2.75, 3.05) is 18.6 Å². The van der Waals surface area contributed by atoms with E-state index in [1.807, 2.05) is 13.2 Å². The molecule has 0 saturated heterocycles. The minimum Gasteiger partial charge on any atom is -0.396 e. The first-order valence-corrected chi connectivity index (χ1v) is 8.58. The van der Waals surface area contributed by atoms with Crippen LogP contribution >= 0.6 is 11.8 Å². The van der Waals surface area contributed by atoms with Gasteiger partial charge in [0.25, 0.3) is 0 Å². The van der Waals surface area contributed by atoms with Crippen LogP contribution in [0.4, 0.5) is 0 Å². The number of thioether (sulfide) groups is 1. The quantitative estimate of drug-likeness (QED) is 0.793. The van der Waals surface area contributed by atoms with E-state index in [0.717, 1.165) is 11.3 Å². The van der Waals surface area contributed by atoms with Crippen molar-refractivity contribution in [3.63, 3.8) is 0 Å². The lowest BCUT2D eigenvalue weighted by Gasteiger charge is -2.13. The van der Waals surface area contributed by atoms with Gasteiger partial charge in [0.05, 0.1) is 4.90 Å². The lowest BCUT2D eigenvalue weighted by atomic mass is 10.2. The van der Waals surface area contributed by atoms with Crippen molar-refractivity contribution in [3.05, 3.63) is 29.8 Å². The van der Waals surface area contributed by atoms with Crippen molar-refractivity contribution in [1.29, 1.82) is 0 Å². The summed E-state index contributed by atoms with van der Waals surface area (Å²) in [7, 11) is -3.44. The number of hydrogen-bond donors (Lipinski definition) is 2. The first-order chi connectivity index (χ1) is 8.49. The molecule has 1 aromatic rings. The van der Waals surface area contributed by atoms with Gasteiger partial charge in [0.15, 0.2) is 0 Å². The molecule has 102 valence electrons. The fraction of sp³-hybridized carbons (Fsp3) is 0.500. The molecule has 18 heavy (non-hydrogen) atoms. The fourth-order valence-electron chi connectivity index (χ4n) is 1.58. The summed E-state index contributed by atoms with van der Waals surface area (Å²) in [5.74, 6) is 0.738. The molecule has 0 aliphatic rings. The highest BCUT2D eigenvalue weighted by Gasteiger charge is 2.16. The minimum absolute atomic E-state index is 0.0646. The van der Waals surface area contributed by atoms with Gasteiger partial charge < -0.3 is 5.11 Å². The van der Waals surface area contributed by atoms with Crippen LogP contribution < -0.4 is 4.72 Å². The molecule has 0 fully saturated rings. The molecule has 6 heteroatoms. The molecule has 0 amide bonds. The first-order valence-electron chi connectivity index (χ1n) is 5.70. The van der Waals surface area contributed by atoms with E-state index >= 15 is 0 Å². The molecule has 0 radical (unpaired) electrons. The van der Waals surface area contributed by atoms with Crippen molar-refractivity contribution in [1.82, 2.24) is 4.72 Å². The summed E-state index contributed by atoms with van der Waals surface area (Å²) < 4.78 is 26.7. The van der Waals surface area contributed by atoms with Gasteiger partial charge in [0.2, 0.25) is 10.0 Å². The molecule has 0 saturated carbocycles. The van der Waals surface area contributed by atoms with Gasteiger partial charge in [-0.2, -0.15) is 11.8 Å². The Morgan fingerprint density at radius 1 is 1.33 bits per heavy atom. The summed E-state index contributed by atoms with van der Waals surface area (Å²) in [5.41, 5.74) is 0.925. The highest BCUT2D eigenvalue weighted by molar-refractivity contribution is 7.98. The van der Waals surface area contributed by atoms with E-state index in [0.29, 0.717) is 6.42 Å². The predicted octanol–water partition coefficient (Wildman–Crippen LogP) is 1.25. The van der Waals surface area contributed by atoms with Gasteiger partial charge in [-0.1, -0.05) is 12.1 Å². The third-order valence-corrected chi connectivity index (χ3v) is 4.85. The van der Waals surface area contributed by atoms with Gasteiger partial charge in [0, 0.05) is 18.4 Å². The van der Waals surface area contributed by atoms with Gasteiger partial charge in [-0.05, 0) is 37.3 Å². The van der Waals surface area contributed by atoms with Gasteiger partial charge in [-0.3, -0.25) is 0 Å². The Hall–Kier alpha value is -0.560. The average Bonchev–Trinajstić information content (AvgIpc) is 2.29. The zero-order valence-corrected chi connectivity index (χ0v) is 12.2. The number of nitrogens with one attached hydrogen (secondary N) is 1. The number of aliphatic hydroxyl groups excluding tert-OH is 1. The normalized spacial score (nSPS) is 13.5. The molecule has 0 heterocycles. The molecule has 0 aliphatic heterocycles. The van der Waals surface area contributed by atoms with E-state index in [2.05, 4.69) is 4.72 Å². The van der Waals surface area contributed by atoms with Crippen molar-refractivity contribution < 1.29 is 13.5 Å². The van der Waals surface area contributed by atoms with Crippen LogP contribution in [0.1, 0.15) is 12.5 Å². The van der Waals surface area contributed by atoms with Gasteiger partial charge >= 0.3 is 0 Å². The predicted molar refractivity (Wildman–Crippen MR) is 75.4 cm³/mol. The Bertz CT molecular complexity index is 457. The Morgan fingerprint density at radius 3 is 2.44 bits per heavy atom. The molecule has 4 nitrogen and oxygen atoms in total. The number of hydrogen-bond acceptors (Lipinski definition) is 4. The summed E-state index contributed by atoms with van der Waals surface area (Å²) in [4.78, 5) is 0.261. The Balaban J connectivity index is 2.78. The Kier molecular flexibility index (Phi) is 6.14. The zero-order valence-electron chi connectivity index (χ0n) is 10.6. The fourth-order valence-corrected chi connectivity index (χ4v) is 3.51. The maximum Gasteiger partial charge on any atom is 0.240 e. The Labute approximate surface area is 113 Å². The van der Waals surface area contributed by atoms with Crippen LogP contribution in [0.3, 0.4) is 0 Å². The number of benzene rings is 1. The smallest absolute Gasteiger partial charge is 0.240 e. The topological polar surface area (TPSA) is 66.4 Å². The van der Waals surface area contributed by atoms with Gasteiger partial charge in [0.1, 0.15) is 0 Å². The van der Waals surface area contributed by atoms with Gasteiger partial charge in [-0.15, -0.1) is 0 Å². The molecular formula is C12H19NO3S2. The van der Waals surface area contributed by atoms with E-state index in [4.69, 9.17) is 5.11 Å². The molecule has 0 aromatic heterocycles. The van der Waals surface area contributed by atoms with Crippen LogP contribution in [-0.2, 0) is 16.4 Å². The molecular weight excluding hydrogens is 270 g/mol. The van der Waals surface area contributed by atoms with Crippen LogP contribution in [0, 0.1) is 0 Å². The van der Waals surface area contributed by atoms with Crippen molar-refractivity contribution >= 4 is 21.8 Å². The molecule has 2 N–H and O–H groups in total. The van der Waals surface area contributed by atoms with E-state index in [-0.39, 0.29) is 17.5 Å². The van der Waals surface area contributed by atoms with Gasteiger partial charge in [-0.25, -0.2) is 13.1 Å². The third kappa shape index (κ3) is 4.61. The molecule has 0 spiro atoms. The molecule has 1 aromatic carbocycles. The maximum atomic E-state index is 12.0. The molecule has 0 aliphatic carbocycles. The summed E-state index contributed by atoms with van der Waals surface area (Å²) in [5, 5.41) is 8.79. The monoisotopic (exact) mass is 289 g/mol. The highest BCUT2D eigenvalue weighted by Crippen LogP contribution is 2.12. The number of aliphatic hydroxyl groups is 1. The number of sulfonamides is 1. The van der Waals surface area contributed by atoms with Crippen molar-refractivity contribution in [2.45, 2.75) is 24.3 Å². The summed E-state index contributed by atoms with van der Waals surface area (Å²) in [6.07, 6.45) is 2.48. The first kappa shape index (κ1) is 15.5. The summed E-state index contributed by atoms with van der Waals surface area (Å²) in [6.45, 7) is 1.91. The van der Waals surface area contributed by atoms with Crippen molar-refractivity contribution in [3.8, 4) is 0 Å². The summed E-state index contributed by atoms with van der Waals surface area (Å²) >= 11 is 1.60. The third-order valence-electron chi connectivity index (χ3n) is 2.41. The Morgan fingerprint density at radius 2 is 1.94 bits per heavy atom. The lowest BCUT2D eigenvalue weighted by molar-refractivity contribution is 0.299. The molecule has 1 unspecified atom stereocenters. The van der Waals surface area contributed by atoms with Crippen molar-refractivity contribution in [2.24, 2.45) is 0 Å². The highest BCUT2D eigenvalue weighted by atomic mass is 32.2. The average molecular weight is 289 g/mol. The van der Waals surface area contributed by atoms with Crippen LogP contribution in [0.15, 0.2) is 29.2 Å². The minimum atomic E-state index is -3.44. The second-order valence-corrected chi connectivity index (χ2v) is 6.72. The standard InChI is InChI=1S/C12H19NO3S2/c1-10(9-17-2)13-18(15,16)12-5-3-11(4-6-12)7-8-14/h3-6,10,13-14H,7-9H2,1-2H3. The molecule has 1 atom stereocenters. The van der Waals surface area contributed by atoms with Crippen LogP contribution in [-0.4, -0.2) is 38.2 Å². The second-order valence-electron chi connectivity index (χ2n) is 4.10. The zero-order chi connectivity index (χ0) is 13.6. The summed E-state index contributed by atoms with van der Waals surface area (Å²) in [6, 6.07) is 6.49. The number of rotatable bonds is 7. The molecule has 0 bridgehead atoms.